The maximum absolute atomic E-state index is 11.5. The molecular formula is C11H8O5-2. The van der Waals surface area contributed by atoms with Gasteiger partial charge in [0.1, 0.15) is 0 Å². The Labute approximate surface area is 91.3 Å². The first-order valence-electron chi connectivity index (χ1n) is 4.56. The van der Waals surface area contributed by atoms with Crippen LogP contribution in [0, 0.1) is 0 Å². The van der Waals surface area contributed by atoms with E-state index in [0.717, 1.165) is 0 Å². The molecule has 1 aromatic rings. The van der Waals surface area contributed by atoms with Crippen LogP contribution in [0.2, 0.25) is 0 Å². The van der Waals surface area contributed by atoms with Crippen LogP contribution in [0.3, 0.4) is 0 Å². The Hall–Kier alpha value is -2.17. The number of aromatic carboxylic acids is 1. The molecule has 1 rings (SSSR count). The smallest absolute Gasteiger partial charge is 0.163 e. The SMILES string of the molecule is O=C([O-])CCC(=O)c1ccccc1C(=O)[O-]. The summed E-state index contributed by atoms with van der Waals surface area (Å²) in [4.78, 5) is 32.3. The summed E-state index contributed by atoms with van der Waals surface area (Å²) in [6.07, 6.45) is -0.715. The number of rotatable bonds is 5. The van der Waals surface area contributed by atoms with Crippen molar-refractivity contribution in [2.75, 3.05) is 0 Å². The zero-order valence-electron chi connectivity index (χ0n) is 8.26. The van der Waals surface area contributed by atoms with Gasteiger partial charge in [-0.25, -0.2) is 0 Å². The van der Waals surface area contributed by atoms with Crippen LogP contribution >= 0.6 is 0 Å². The zero-order chi connectivity index (χ0) is 12.1. The average Bonchev–Trinajstić information content (AvgIpc) is 2.25. The third kappa shape index (κ3) is 2.91. The molecule has 0 saturated heterocycles. The molecule has 0 aliphatic rings. The van der Waals surface area contributed by atoms with Gasteiger partial charge in [0.05, 0.1) is 5.97 Å². The van der Waals surface area contributed by atoms with Gasteiger partial charge in [-0.2, -0.15) is 0 Å². The molecule has 0 aromatic heterocycles. The van der Waals surface area contributed by atoms with Gasteiger partial charge in [0, 0.05) is 23.5 Å². The van der Waals surface area contributed by atoms with Gasteiger partial charge in [0.15, 0.2) is 5.78 Å². The van der Waals surface area contributed by atoms with Crippen LogP contribution in [0.1, 0.15) is 33.6 Å². The van der Waals surface area contributed by atoms with E-state index in [1.165, 1.54) is 24.3 Å². The second kappa shape index (κ2) is 5.06. The lowest BCUT2D eigenvalue weighted by Gasteiger charge is -2.09. The molecule has 0 N–H and O–H groups in total. The van der Waals surface area contributed by atoms with E-state index in [0.29, 0.717) is 0 Å². The third-order valence-corrected chi connectivity index (χ3v) is 2.00. The molecule has 0 fully saturated rings. The largest absolute Gasteiger partial charge is 0.550 e. The van der Waals surface area contributed by atoms with Crippen molar-refractivity contribution in [2.45, 2.75) is 12.8 Å². The van der Waals surface area contributed by atoms with Crippen LogP contribution < -0.4 is 10.2 Å². The molecule has 84 valence electrons. The number of carbonyl (C=O) groups is 3. The molecule has 0 atom stereocenters. The van der Waals surface area contributed by atoms with Crippen LogP contribution in [0.4, 0.5) is 0 Å². The standard InChI is InChI=1S/C11H10O5/c12-9(5-6-10(13)14)7-3-1-2-4-8(7)11(15)16/h1-4H,5-6H2,(H,13,14)(H,15,16)/p-2. The summed E-state index contributed by atoms with van der Waals surface area (Å²) in [5.41, 5.74) is -0.269. The van der Waals surface area contributed by atoms with Gasteiger partial charge in [-0.15, -0.1) is 0 Å². The number of hydrogen-bond donors (Lipinski definition) is 0. The minimum absolute atomic E-state index is 0.0382. The summed E-state index contributed by atoms with van der Waals surface area (Å²) < 4.78 is 0. The first kappa shape index (κ1) is 11.9. The van der Waals surface area contributed by atoms with Crippen molar-refractivity contribution < 1.29 is 24.6 Å². The maximum Gasteiger partial charge on any atom is 0.163 e. The number of ketones is 1. The van der Waals surface area contributed by atoms with Gasteiger partial charge in [-0.05, 0) is 6.42 Å². The van der Waals surface area contributed by atoms with Gasteiger partial charge < -0.3 is 19.8 Å². The van der Waals surface area contributed by atoms with E-state index in [9.17, 15) is 24.6 Å². The lowest BCUT2D eigenvalue weighted by Crippen LogP contribution is -2.26. The number of carboxylic acids is 2. The summed E-state index contributed by atoms with van der Waals surface area (Å²) >= 11 is 0. The maximum atomic E-state index is 11.5. The van der Waals surface area contributed by atoms with Crippen molar-refractivity contribution in [3.05, 3.63) is 35.4 Å². The Kier molecular flexibility index (Phi) is 3.77. The Morgan fingerprint density at radius 3 is 2.00 bits per heavy atom. The van der Waals surface area contributed by atoms with Crippen LogP contribution in [0.15, 0.2) is 24.3 Å². The summed E-state index contributed by atoms with van der Waals surface area (Å²) in [7, 11) is 0. The quantitative estimate of drug-likeness (QED) is 0.578. The number of aliphatic carboxylic acids is 1. The monoisotopic (exact) mass is 220 g/mol. The highest BCUT2D eigenvalue weighted by Gasteiger charge is 2.10. The fraction of sp³-hybridized carbons (Fsp3) is 0.182. The van der Waals surface area contributed by atoms with Crippen LogP contribution in [0.5, 0.6) is 0 Å². The average molecular weight is 220 g/mol. The van der Waals surface area contributed by atoms with Gasteiger partial charge >= 0.3 is 0 Å². The van der Waals surface area contributed by atoms with Crippen molar-refractivity contribution in [1.82, 2.24) is 0 Å². The van der Waals surface area contributed by atoms with Crippen molar-refractivity contribution in [3.63, 3.8) is 0 Å². The second-order valence-corrected chi connectivity index (χ2v) is 3.13. The fourth-order valence-electron chi connectivity index (χ4n) is 1.25. The summed E-state index contributed by atoms with van der Waals surface area (Å²) in [5, 5.41) is 20.8. The van der Waals surface area contributed by atoms with Crippen LogP contribution in [0.25, 0.3) is 0 Å². The molecule has 0 radical (unpaired) electrons. The highest BCUT2D eigenvalue weighted by atomic mass is 16.4. The molecule has 0 amide bonds. The van der Waals surface area contributed by atoms with Crippen LogP contribution in [-0.2, 0) is 4.79 Å². The number of hydrogen-bond acceptors (Lipinski definition) is 5. The van der Waals surface area contributed by atoms with Crippen molar-refractivity contribution in [2.24, 2.45) is 0 Å². The van der Waals surface area contributed by atoms with E-state index in [1.54, 1.807) is 0 Å². The molecule has 0 spiro atoms. The molecule has 5 heteroatoms. The van der Waals surface area contributed by atoms with Gasteiger partial charge in [0.25, 0.3) is 0 Å². The third-order valence-electron chi connectivity index (χ3n) is 2.00. The van der Waals surface area contributed by atoms with E-state index < -0.39 is 24.1 Å². The minimum Gasteiger partial charge on any atom is -0.550 e. The van der Waals surface area contributed by atoms with E-state index in [-0.39, 0.29) is 17.5 Å². The van der Waals surface area contributed by atoms with Gasteiger partial charge in [0.2, 0.25) is 0 Å². The molecule has 0 aliphatic carbocycles. The Bertz CT molecular complexity index is 436. The number of benzene rings is 1. The van der Waals surface area contributed by atoms with Crippen molar-refractivity contribution >= 4 is 17.7 Å². The first-order valence-corrected chi connectivity index (χ1v) is 4.56. The minimum atomic E-state index is -1.46. The summed E-state index contributed by atoms with van der Waals surface area (Å²) in [5.74, 6) is -3.36. The normalized spacial score (nSPS) is 9.75. The Morgan fingerprint density at radius 2 is 1.50 bits per heavy atom. The zero-order valence-corrected chi connectivity index (χ0v) is 8.26. The molecular weight excluding hydrogens is 212 g/mol. The molecule has 16 heavy (non-hydrogen) atoms. The fourth-order valence-corrected chi connectivity index (χ4v) is 1.25. The number of Topliss-reactive ketones (excluding diaryl/α,β-unsaturated/α-hetero) is 1. The van der Waals surface area contributed by atoms with Crippen LogP contribution in [-0.4, -0.2) is 17.7 Å². The van der Waals surface area contributed by atoms with E-state index in [2.05, 4.69) is 0 Å². The highest BCUT2D eigenvalue weighted by Crippen LogP contribution is 2.11. The second-order valence-electron chi connectivity index (χ2n) is 3.13. The summed E-state index contributed by atoms with van der Waals surface area (Å²) in [6, 6.07) is 5.52. The first-order chi connectivity index (χ1) is 7.52. The topological polar surface area (TPSA) is 97.3 Å². The lowest BCUT2D eigenvalue weighted by molar-refractivity contribution is -0.305. The van der Waals surface area contributed by atoms with E-state index >= 15 is 0 Å². The van der Waals surface area contributed by atoms with Gasteiger partial charge in [-0.1, -0.05) is 24.3 Å². The Morgan fingerprint density at radius 1 is 0.938 bits per heavy atom. The lowest BCUT2D eigenvalue weighted by atomic mass is 10.0. The number of carboxylic acid groups (broad SMARTS) is 2. The Balaban J connectivity index is 2.90. The molecule has 1 aromatic carbocycles. The van der Waals surface area contributed by atoms with E-state index in [4.69, 9.17) is 0 Å². The number of carbonyl (C=O) groups excluding carboxylic acids is 3. The summed E-state index contributed by atoms with van der Waals surface area (Å²) in [6.45, 7) is 0. The molecule has 0 heterocycles. The molecule has 0 bridgehead atoms. The molecule has 5 nitrogen and oxygen atoms in total. The molecule has 0 unspecified atom stereocenters. The molecule has 0 saturated carbocycles. The van der Waals surface area contributed by atoms with Crippen molar-refractivity contribution in [3.8, 4) is 0 Å². The highest BCUT2D eigenvalue weighted by molar-refractivity contribution is 6.05. The molecule has 0 aliphatic heterocycles. The van der Waals surface area contributed by atoms with E-state index in [1.807, 2.05) is 0 Å². The van der Waals surface area contributed by atoms with Gasteiger partial charge in [-0.3, -0.25) is 4.79 Å². The van der Waals surface area contributed by atoms with Crippen molar-refractivity contribution in [1.29, 1.82) is 0 Å². The predicted molar refractivity (Wildman–Crippen MR) is 49.3 cm³/mol. The predicted octanol–water partition coefficient (Wildman–Crippen LogP) is -1.24.